The van der Waals surface area contributed by atoms with E-state index in [2.05, 4.69) is 32.7 Å². The summed E-state index contributed by atoms with van der Waals surface area (Å²) in [6, 6.07) is 0. The van der Waals surface area contributed by atoms with Gasteiger partial charge in [0.25, 0.3) is 0 Å². The fourth-order valence-electron chi connectivity index (χ4n) is 3.56. The standard InChI is InChI=1S/C9H19N.C9H18/c1-3-4-9-5-7-10(2)8-6-9;1-8(2)9-6-4-3-5-7-9/h9H,3-8H2,1-2H3;8-9H,3-7H2,1-2H3. The van der Waals surface area contributed by atoms with E-state index in [1.54, 1.807) is 0 Å². The van der Waals surface area contributed by atoms with Crippen LogP contribution in [0.3, 0.4) is 0 Å². The smallest absolute Gasteiger partial charge is 0.00191 e. The third kappa shape index (κ3) is 7.34. The molecule has 114 valence electrons. The maximum Gasteiger partial charge on any atom is -0.00191 e. The topological polar surface area (TPSA) is 3.24 Å². The molecule has 0 bridgehead atoms. The zero-order valence-electron chi connectivity index (χ0n) is 14.0. The van der Waals surface area contributed by atoms with E-state index >= 15 is 0 Å². The molecule has 1 aliphatic heterocycles. The van der Waals surface area contributed by atoms with E-state index in [9.17, 15) is 0 Å². The number of rotatable bonds is 3. The molecular weight excluding hydrogens is 230 g/mol. The normalized spacial score (nSPS) is 23.2. The molecule has 1 heterocycles. The Kier molecular flexibility index (Phi) is 8.77. The lowest BCUT2D eigenvalue weighted by Crippen LogP contribution is -2.29. The zero-order chi connectivity index (χ0) is 14.1. The van der Waals surface area contributed by atoms with Crippen molar-refractivity contribution in [2.24, 2.45) is 17.8 Å². The van der Waals surface area contributed by atoms with Crippen LogP contribution < -0.4 is 0 Å². The highest BCUT2D eigenvalue weighted by molar-refractivity contribution is 4.69. The van der Waals surface area contributed by atoms with Crippen molar-refractivity contribution in [3.05, 3.63) is 0 Å². The molecule has 2 aliphatic rings. The Morgan fingerprint density at radius 1 is 0.947 bits per heavy atom. The van der Waals surface area contributed by atoms with Gasteiger partial charge in [-0.1, -0.05) is 65.7 Å². The summed E-state index contributed by atoms with van der Waals surface area (Å²) in [6.07, 6.45) is 13.2. The second kappa shape index (κ2) is 9.80. The molecule has 0 amide bonds. The molecule has 1 heteroatoms. The van der Waals surface area contributed by atoms with Crippen LogP contribution in [0.2, 0.25) is 0 Å². The van der Waals surface area contributed by atoms with Gasteiger partial charge in [0, 0.05) is 0 Å². The third-order valence-electron chi connectivity index (χ3n) is 5.13. The molecule has 0 aromatic rings. The summed E-state index contributed by atoms with van der Waals surface area (Å²) in [4.78, 5) is 2.44. The SMILES string of the molecule is CC(C)C1CCCCC1.CCCC1CCN(C)CC1. The Morgan fingerprint density at radius 3 is 1.95 bits per heavy atom. The van der Waals surface area contributed by atoms with Crippen molar-refractivity contribution in [2.75, 3.05) is 20.1 Å². The Bertz CT molecular complexity index is 198. The minimum atomic E-state index is 0.935. The molecule has 1 saturated carbocycles. The number of hydrogen-bond acceptors (Lipinski definition) is 1. The lowest BCUT2D eigenvalue weighted by Gasteiger charge is -2.28. The van der Waals surface area contributed by atoms with Gasteiger partial charge in [0.2, 0.25) is 0 Å². The van der Waals surface area contributed by atoms with Crippen molar-refractivity contribution < 1.29 is 0 Å². The molecule has 0 N–H and O–H groups in total. The summed E-state index contributed by atoms with van der Waals surface area (Å²) in [5.41, 5.74) is 0. The number of piperidine rings is 1. The summed E-state index contributed by atoms with van der Waals surface area (Å²) in [5.74, 6) is 3.03. The highest BCUT2D eigenvalue weighted by Crippen LogP contribution is 2.29. The van der Waals surface area contributed by atoms with E-state index in [0.717, 1.165) is 17.8 Å². The minimum absolute atomic E-state index is 0.935. The Labute approximate surface area is 122 Å². The fraction of sp³-hybridized carbons (Fsp3) is 1.00. The first-order valence-corrected chi connectivity index (χ1v) is 8.82. The van der Waals surface area contributed by atoms with Crippen LogP contribution in [-0.4, -0.2) is 25.0 Å². The Balaban J connectivity index is 0.000000191. The van der Waals surface area contributed by atoms with Gasteiger partial charge in [-0.05, 0) is 50.7 Å². The van der Waals surface area contributed by atoms with E-state index in [-0.39, 0.29) is 0 Å². The second-order valence-corrected chi connectivity index (χ2v) is 7.18. The fourth-order valence-corrected chi connectivity index (χ4v) is 3.56. The van der Waals surface area contributed by atoms with Crippen LogP contribution in [0.5, 0.6) is 0 Å². The summed E-state index contributed by atoms with van der Waals surface area (Å²) >= 11 is 0. The third-order valence-corrected chi connectivity index (χ3v) is 5.13. The maximum atomic E-state index is 2.44. The van der Waals surface area contributed by atoms with Crippen molar-refractivity contribution >= 4 is 0 Å². The molecule has 0 atom stereocenters. The highest BCUT2D eigenvalue weighted by Gasteiger charge is 2.16. The van der Waals surface area contributed by atoms with E-state index in [1.165, 1.54) is 70.9 Å². The van der Waals surface area contributed by atoms with Crippen LogP contribution in [0.4, 0.5) is 0 Å². The van der Waals surface area contributed by atoms with Crippen molar-refractivity contribution in [2.45, 2.75) is 78.6 Å². The van der Waals surface area contributed by atoms with Gasteiger partial charge in [0.15, 0.2) is 0 Å². The van der Waals surface area contributed by atoms with Crippen LogP contribution in [0, 0.1) is 17.8 Å². The lowest BCUT2D eigenvalue weighted by atomic mass is 9.82. The molecular formula is C18H37N. The summed E-state index contributed by atoms with van der Waals surface area (Å²) in [7, 11) is 2.22. The van der Waals surface area contributed by atoms with Crippen molar-refractivity contribution in [3.8, 4) is 0 Å². The second-order valence-electron chi connectivity index (χ2n) is 7.18. The van der Waals surface area contributed by atoms with Crippen LogP contribution in [-0.2, 0) is 0 Å². The quantitative estimate of drug-likeness (QED) is 0.666. The van der Waals surface area contributed by atoms with E-state index < -0.39 is 0 Å². The van der Waals surface area contributed by atoms with Gasteiger partial charge in [-0.3, -0.25) is 0 Å². The number of hydrogen-bond donors (Lipinski definition) is 0. The van der Waals surface area contributed by atoms with E-state index in [0.29, 0.717) is 0 Å². The molecule has 0 spiro atoms. The molecule has 0 unspecified atom stereocenters. The van der Waals surface area contributed by atoms with Crippen LogP contribution in [0.15, 0.2) is 0 Å². The maximum absolute atomic E-state index is 2.44. The van der Waals surface area contributed by atoms with Crippen molar-refractivity contribution in [1.29, 1.82) is 0 Å². The average Bonchev–Trinajstić information content (AvgIpc) is 2.43. The van der Waals surface area contributed by atoms with Gasteiger partial charge in [0.1, 0.15) is 0 Å². The van der Waals surface area contributed by atoms with Gasteiger partial charge in [-0.2, -0.15) is 0 Å². The molecule has 1 aliphatic carbocycles. The number of likely N-dealkylation sites (tertiary alicyclic amines) is 1. The molecule has 2 rings (SSSR count). The van der Waals surface area contributed by atoms with Crippen molar-refractivity contribution in [1.82, 2.24) is 4.90 Å². The van der Waals surface area contributed by atoms with Crippen molar-refractivity contribution in [3.63, 3.8) is 0 Å². The predicted octanol–water partition coefficient (Wildman–Crippen LogP) is 5.35. The molecule has 1 saturated heterocycles. The van der Waals surface area contributed by atoms with Crippen LogP contribution in [0.25, 0.3) is 0 Å². The lowest BCUT2D eigenvalue weighted by molar-refractivity contribution is 0.211. The largest absolute Gasteiger partial charge is 0.306 e. The Hall–Kier alpha value is -0.0400. The molecule has 0 aromatic heterocycles. The van der Waals surface area contributed by atoms with Gasteiger partial charge in [0.05, 0.1) is 0 Å². The van der Waals surface area contributed by atoms with Crippen LogP contribution >= 0.6 is 0 Å². The number of nitrogens with zero attached hydrogens (tertiary/aromatic N) is 1. The molecule has 2 fully saturated rings. The Morgan fingerprint density at radius 2 is 1.53 bits per heavy atom. The zero-order valence-corrected chi connectivity index (χ0v) is 14.0. The molecule has 19 heavy (non-hydrogen) atoms. The van der Waals surface area contributed by atoms with Gasteiger partial charge < -0.3 is 4.90 Å². The van der Waals surface area contributed by atoms with E-state index in [4.69, 9.17) is 0 Å². The van der Waals surface area contributed by atoms with E-state index in [1.807, 2.05) is 0 Å². The molecule has 1 nitrogen and oxygen atoms in total. The highest BCUT2D eigenvalue weighted by atomic mass is 15.1. The molecule has 0 radical (unpaired) electrons. The minimum Gasteiger partial charge on any atom is -0.306 e. The van der Waals surface area contributed by atoms with Gasteiger partial charge >= 0.3 is 0 Å². The summed E-state index contributed by atoms with van der Waals surface area (Å²) < 4.78 is 0. The average molecular weight is 268 g/mol. The first-order valence-electron chi connectivity index (χ1n) is 8.82. The monoisotopic (exact) mass is 267 g/mol. The summed E-state index contributed by atoms with van der Waals surface area (Å²) in [5, 5.41) is 0. The molecule has 0 aromatic carbocycles. The predicted molar refractivity (Wildman–Crippen MR) is 86.5 cm³/mol. The van der Waals surface area contributed by atoms with Gasteiger partial charge in [-0.25, -0.2) is 0 Å². The van der Waals surface area contributed by atoms with Gasteiger partial charge in [-0.15, -0.1) is 0 Å². The first kappa shape index (κ1) is 17.0. The first-order chi connectivity index (χ1) is 9.13. The van der Waals surface area contributed by atoms with Crippen LogP contribution in [0.1, 0.15) is 78.6 Å². The summed E-state index contributed by atoms with van der Waals surface area (Å²) in [6.45, 7) is 9.65.